The van der Waals surface area contributed by atoms with Gasteiger partial charge in [0.15, 0.2) is 0 Å². The molecule has 1 aromatic rings. The van der Waals surface area contributed by atoms with Crippen molar-refractivity contribution in [1.29, 1.82) is 0 Å². The van der Waals surface area contributed by atoms with E-state index in [0.29, 0.717) is 12.8 Å². The molecular formula is C46H78N4O9. The molecule has 13 heteroatoms. The third-order valence-electron chi connectivity index (χ3n) is 10.6. The van der Waals surface area contributed by atoms with Crippen molar-refractivity contribution in [2.75, 3.05) is 0 Å². The van der Waals surface area contributed by atoms with Crippen molar-refractivity contribution in [2.24, 2.45) is 23.5 Å². The number of carbonyl (C=O) groups is 6. The van der Waals surface area contributed by atoms with Crippen LogP contribution in [0.5, 0.6) is 0 Å². The number of nitrogens with one attached hydrogen (secondary N) is 2. The molecule has 1 rings (SSSR count). The summed E-state index contributed by atoms with van der Waals surface area (Å²) in [6, 6.07) is 4.57. The number of carbonyl (C=O) groups excluding carboxylic acids is 5. The number of nitrogens with two attached hydrogens (primary N) is 1. The van der Waals surface area contributed by atoms with Crippen molar-refractivity contribution in [1.82, 2.24) is 15.5 Å². The van der Waals surface area contributed by atoms with Crippen molar-refractivity contribution in [3.63, 3.8) is 0 Å². The second-order valence-electron chi connectivity index (χ2n) is 17.9. The largest absolute Gasteiger partial charge is 0.481 e. The first-order valence-corrected chi connectivity index (χ1v) is 22.0. The molecule has 5 N–H and O–H groups in total. The fraction of sp³-hybridized carbons (Fsp3) is 0.739. The lowest BCUT2D eigenvalue weighted by molar-refractivity contribution is -0.170. The number of hydrogen-bond acceptors (Lipinski definition) is 9. The first-order chi connectivity index (χ1) is 27.7. The van der Waals surface area contributed by atoms with Gasteiger partial charge in [0.05, 0.1) is 18.9 Å². The molecule has 0 saturated carbocycles. The quantitative estimate of drug-likeness (QED) is 0.0465. The summed E-state index contributed by atoms with van der Waals surface area (Å²) in [5.41, 5.74) is 5.87. The Hall–Kier alpha value is -4.00. The molecule has 336 valence electrons. The van der Waals surface area contributed by atoms with Crippen molar-refractivity contribution in [3.05, 3.63) is 35.9 Å². The number of esters is 2. The van der Waals surface area contributed by atoms with E-state index in [1.165, 1.54) is 37.0 Å². The van der Waals surface area contributed by atoms with E-state index >= 15 is 0 Å². The van der Waals surface area contributed by atoms with E-state index in [1.807, 2.05) is 58.0 Å². The Morgan fingerprint density at radius 3 is 1.85 bits per heavy atom. The van der Waals surface area contributed by atoms with Crippen LogP contribution < -0.4 is 16.4 Å². The van der Waals surface area contributed by atoms with E-state index in [-0.39, 0.29) is 31.3 Å². The zero-order valence-electron chi connectivity index (χ0n) is 37.8. The fourth-order valence-electron chi connectivity index (χ4n) is 6.89. The molecule has 0 bridgehead atoms. The number of nitrogens with zero attached hydrogens (tertiary/aromatic N) is 1. The summed E-state index contributed by atoms with van der Waals surface area (Å²) in [5.74, 6) is -5.36. The van der Waals surface area contributed by atoms with Gasteiger partial charge < -0.3 is 35.8 Å². The number of rotatable bonds is 29. The average Bonchev–Trinajstić information content (AvgIpc) is 3.16. The molecule has 1 unspecified atom stereocenters. The second-order valence-corrected chi connectivity index (χ2v) is 17.9. The minimum Gasteiger partial charge on any atom is -0.481 e. The first-order valence-electron chi connectivity index (χ1n) is 22.0. The summed E-state index contributed by atoms with van der Waals surface area (Å²) >= 11 is 0. The van der Waals surface area contributed by atoms with Crippen LogP contribution in [-0.4, -0.2) is 81.4 Å². The van der Waals surface area contributed by atoms with Crippen molar-refractivity contribution < 1.29 is 43.3 Å². The van der Waals surface area contributed by atoms with Crippen LogP contribution in [0.15, 0.2) is 30.3 Å². The summed E-state index contributed by atoms with van der Waals surface area (Å²) in [4.78, 5) is 82.4. The van der Waals surface area contributed by atoms with Crippen LogP contribution in [0.1, 0.15) is 165 Å². The Morgan fingerprint density at radius 1 is 0.780 bits per heavy atom. The number of carboxylic acid groups (broad SMARTS) is 1. The number of hydrogen-bond donors (Lipinski definition) is 4. The van der Waals surface area contributed by atoms with Crippen LogP contribution >= 0.6 is 0 Å². The maximum atomic E-state index is 14.8. The highest BCUT2D eigenvalue weighted by molar-refractivity contribution is 5.96. The standard InChI is InChI=1S/C46H78N4O9/c1-11-13-14-15-16-17-18-19-23-26-35(28-39(53)58-30-34-24-21-20-22-25-34)59-45(57)41(33(7)12-2)50(46(8,9)10)44(56)37(27-31(3)4)49-42(54)36(29-38(51)52)48-43(55)40(47)32(5)6/h20-22,24-25,31-33,35-37,40-41H,11-19,23,26-30,47H2,1-10H3,(H,48,55)(H,49,54)(H,51,52)/t33-,35?,36-,37-,40-,41-/m0/s1. The maximum Gasteiger partial charge on any atom is 0.329 e. The summed E-state index contributed by atoms with van der Waals surface area (Å²) < 4.78 is 11.8. The second kappa shape index (κ2) is 27.7. The fourth-order valence-corrected chi connectivity index (χ4v) is 6.89. The molecule has 0 aliphatic heterocycles. The number of benzene rings is 1. The molecule has 0 heterocycles. The van der Waals surface area contributed by atoms with Gasteiger partial charge in [-0.1, -0.05) is 137 Å². The van der Waals surface area contributed by atoms with Crippen LogP contribution in [0, 0.1) is 17.8 Å². The molecule has 0 aliphatic carbocycles. The number of amides is 3. The summed E-state index contributed by atoms with van der Waals surface area (Å²) in [7, 11) is 0. The minimum absolute atomic E-state index is 0.0880. The smallest absolute Gasteiger partial charge is 0.329 e. The van der Waals surface area contributed by atoms with Crippen molar-refractivity contribution in [2.45, 2.75) is 202 Å². The number of aliphatic carboxylic acids is 1. The predicted octanol–water partition coefficient (Wildman–Crippen LogP) is 7.47. The maximum absolute atomic E-state index is 14.8. The van der Waals surface area contributed by atoms with Gasteiger partial charge in [-0.2, -0.15) is 0 Å². The van der Waals surface area contributed by atoms with Crippen LogP contribution in [0.2, 0.25) is 0 Å². The average molecular weight is 831 g/mol. The van der Waals surface area contributed by atoms with Gasteiger partial charge in [-0.05, 0) is 63.4 Å². The highest BCUT2D eigenvalue weighted by Gasteiger charge is 2.45. The normalized spacial score (nSPS) is 14.7. The van der Waals surface area contributed by atoms with Crippen LogP contribution in [0.4, 0.5) is 0 Å². The van der Waals surface area contributed by atoms with Crippen LogP contribution in [-0.2, 0) is 44.8 Å². The van der Waals surface area contributed by atoms with Gasteiger partial charge >= 0.3 is 17.9 Å². The topological polar surface area (TPSA) is 194 Å². The lowest BCUT2D eigenvalue weighted by Gasteiger charge is -2.45. The molecule has 0 aromatic heterocycles. The predicted molar refractivity (Wildman–Crippen MR) is 231 cm³/mol. The highest BCUT2D eigenvalue weighted by Crippen LogP contribution is 2.28. The summed E-state index contributed by atoms with van der Waals surface area (Å²) in [5, 5.41) is 14.8. The molecular weight excluding hydrogens is 753 g/mol. The van der Waals surface area contributed by atoms with Crippen LogP contribution in [0.3, 0.4) is 0 Å². The van der Waals surface area contributed by atoms with E-state index in [2.05, 4.69) is 17.6 Å². The van der Waals surface area contributed by atoms with Crippen molar-refractivity contribution in [3.8, 4) is 0 Å². The Morgan fingerprint density at radius 2 is 1.34 bits per heavy atom. The Labute approximate surface area is 354 Å². The lowest BCUT2D eigenvalue weighted by Crippen LogP contribution is -2.63. The number of unbranched alkanes of at least 4 members (excludes halogenated alkanes) is 8. The monoisotopic (exact) mass is 831 g/mol. The van der Waals surface area contributed by atoms with Gasteiger partial charge in [0.25, 0.3) is 0 Å². The molecule has 6 atom stereocenters. The van der Waals surface area contributed by atoms with Gasteiger partial charge in [-0.25, -0.2) is 4.79 Å². The third-order valence-corrected chi connectivity index (χ3v) is 10.6. The summed E-state index contributed by atoms with van der Waals surface area (Å²) in [6.07, 6.45) is 9.36. The van der Waals surface area contributed by atoms with E-state index in [9.17, 15) is 33.9 Å². The molecule has 1 aromatic carbocycles. The zero-order valence-corrected chi connectivity index (χ0v) is 37.8. The van der Waals surface area contributed by atoms with Gasteiger partial charge in [-0.3, -0.25) is 24.0 Å². The molecule has 0 fully saturated rings. The number of ether oxygens (including phenoxy) is 2. The number of carboxylic acids is 1. The zero-order chi connectivity index (χ0) is 44.7. The van der Waals surface area contributed by atoms with Gasteiger partial charge in [0, 0.05) is 5.54 Å². The Bertz CT molecular complexity index is 1430. The van der Waals surface area contributed by atoms with E-state index in [0.717, 1.165) is 31.2 Å². The molecule has 0 aliphatic rings. The molecule has 13 nitrogen and oxygen atoms in total. The highest BCUT2D eigenvalue weighted by atomic mass is 16.6. The summed E-state index contributed by atoms with van der Waals surface area (Å²) in [6.45, 7) is 18.6. The third kappa shape index (κ3) is 20.7. The minimum atomic E-state index is -1.51. The molecule has 0 spiro atoms. The van der Waals surface area contributed by atoms with Crippen LogP contribution in [0.25, 0.3) is 0 Å². The molecule has 0 radical (unpaired) electrons. The van der Waals surface area contributed by atoms with Gasteiger partial charge in [-0.15, -0.1) is 0 Å². The van der Waals surface area contributed by atoms with E-state index < -0.39 is 83.8 Å². The van der Waals surface area contributed by atoms with E-state index in [1.54, 1.807) is 34.6 Å². The Kier molecular flexibility index (Phi) is 24.9. The lowest BCUT2D eigenvalue weighted by atomic mass is 9.90. The molecule has 59 heavy (non-hydrogen) atoms. The van der Waals surface area contributed by atoms with Crippen molar-refractivity contribution >= 4 is 35.6 Å². The van der Waals surface area contributed by atoms with Gasteiger partial charge in [0.2, 0.25) is 17.7 Å². The van der Waals surface area contributed by atoms with E-state index in [4.69, 9.17) is 15.2 Å². The first kappa shape index (κ1) is 53.0. The van der Waals surface area contributed by atoms with Gasteiger partial charge in [0.1, 0.15) is 30.8 Å². The molecule has 3 amide bonds. The SMILES string of the molecule is CCCCCCCCCCCC(CC(=O)OCc1ccccc1)OC(=O)[C@H]([C@@H](C)CC)N(C(=O)[C@H](CC(C)C)NC(=O)[C@H](CC(=O)O)NC(=O)[C@@H](N)C(C)C)C(C)(C)C. The molecule has 0 saturated heterocycles. The Balaban J connectivity index is 3.44.